The molecule has 0 radical (unpaired) electrons. The highest BCUT2D eigenvalue weighted by Gasteiger charge is 2.25. The van der Waals surface area contributed by atoms with Crippen LogP contribution in [-0.4, -0.2) is 49.8 Å². The number of carbonyl (C=O) groups is 2. The molecule has 1 unspecified atom stereocenters. The SMILES string of the molecule is CS(=O)(=O)CC(NC(=O)Cc1c[nH]c2ccccc12)C(=O)NCCC#N. The molecule has 1 aromatic carbocycles. The normalized spacial score (nSPS) is 12.3. The van der Waals surface area contributed by atoms with Gasteiger partial charge < -0.3 is 15.6 Å². The molecule has 1 aromatic heterocycles. The number of nitrogens with zero attached hydrogens (tertiary/aromatic N) is 1. The molecule has 2 amide bonds. The number of para-hydroxylation sites is 1. The molecule has 0 aliphatic heterocycles. The van der Waals surface area contributed by atoms with Crippen LogP contribution in [0.15, 0.2) is 30.5 Å². The molecular formula is C17H20N4O4S. The second kappa shape index (κ2) is 8.49. The number of rotatable bonds is 8. The molecule has 9 heteroatoms. The van der Waals surface area contributed by atoms with Gasteiger partial charge in [0, 0.05) is 29.9 Å². The van der Waals surface area contributed by atoms with Crippen LogP contribution in [0.4, 0.5) is 0 Å². The molecule has 8 nitrogen and oxygen atoms in total. The molecule has 0 aliphatic rings. The Morgan fingerprint density at radius 2 is 2.04 bits per heavy atom. The van der Waals surface area contributed by atoms with Crippen LogP contribution >= 0.6 is 0 Å². The predicted octanol–water partition coefficient (Wildman–Crippen LogP) is 0.270. The summed E-state index contributed by atoms with van der Waals surface area (Å²) >= 11 is 0. The van der Waals surface area contributed by atoms with Gasteiger partial charge in [-0.25, -0.2) is 8.42 Å². The number of aromatic amines is 1. The lowest BCUT2D eigenvalue weighted by Crippen LogP contribution is -2.50. The highest BCUT2D eigenvalue weighted by atomic mass is 32.2. The molecule has 2 rings (SSSR count). The van der Waals surface area contributed by atoms with Crippen molar-refractivity contribution in [3.8, 4) is 6.07 Å². The lowest BCUT2D eigenvalue weighted by molar-refractivity contribution is -0.128. The zero-order chi connectivity index (χ0) is 19.2. The summed E-state index contributed by atoms with van der Waals surface area (Å²) in [7, 11) is -3.49. The molecule has 0 fully saturated rings. The Balaban J connectivity index is 2.07. The largest absolute Gasteiger partial charge is 0.361 e. The van der Waals surface area contributed by atoms with E-state index in [0.29, 0.717) is 0 Å². The molecule has 26 heavy (non-hydrogen) atoms. The van der Waals surface area contributed by atoms with Crippen LogP contribution in [0.3, 0.4) is 0 Å². The van der Waals surface area contributed by atoms with Crippen molar-refractivity contribution >= 4 is 32.6 Å². The standard InChI is InChI=1S/C17H20N4O4S/c1-26(24,25)11-15(17(23)19-8-4-7-18)21-16(22)9-12-10-20-14-6-3-2-5-13(12)14/h2-3,5-6,10,15,20H,4,8-9,11H2,1H3,(H,19,23)(H,21,22). The van der Waals surface area contributed by atoms with Gasteiger partial charge in [0.05, 0.1) is 24.7 Å². The first kappa shape index (κ1) is 19.5. The van der Waals surface area contributed by atoms with E-state index in [9.17, 15) is 18.0 Å². The van der Waals surface area contributed by atoms with E-state index in [1.807, 2.05) is 30.3 Å². The number of benzene rings is 1. The summed E-state index contributed by atoms with van der Waals surface area (Å²) in [5, 5.41) is 14.3. The molecule has 2 aromatic rings. The first-order chi connectivity index (χ1) is 12.3. The van der Waals surface area contributed by atoms with E-state index in [1.165, 1.54) is 0 Å². The summed E-state index contributed by atoms with van der Waals surface area (Å²) in [5.41, 5.74) is 1.64. The number of carbonyl (C=O) groups excluding carboxylic acids is 2. The fourth-order valence-electron chi connectivity index (χ4n) is 2.55. The van der Waals surface area contributed by atoms with Crippen LogP contribution in [0.1, 0.15) is 12.0 Å². The van der Waals surface area contributed by atoms with Crippen LogP contribution < -0.4 is 10.6 Å². The first-order valence-electron chi connectivity index (χ1n) is 7.97. The topological polar surface area (TPSA) is 132 Å². The average Bonchev–Trinajstić information content (AvgIpc) is 2.96. The van der Waals surface area contributed by atoms with E-state index in [0.717, 1.165) is 22.7 Å². The Hall–Kier alpha value is -2.86. The van der Waals surface area contributed by atoms with Gasteiger partial charge in [0.15, 0.2) is 0 Å². The molecule has 1 heterocycles. The third-order valence-corrected chi connectivity index (χ3v) is 4.62. The van der Waals surface area contributed by atoms with E-state index in [2.05, 4.69) is 15.6 Å². The molecule has 0 saturated heterocycles. The number of hydrogen-bond donors (Lipinski definition) is 3. The molecule has 1 atom stereocenters. The smallest absolute Gasteiger partial charge is 0.243 e. The number of aromatic nitrogens is 1. The summed E-state index contributed by atoms with van der Waals surface area (Å²) < 4.78 is 23.1. The van der Waals surface area contributed by atoms with Crippen LogP contribution in [0, 0.1) is 11.3 Å². The van der Waals surface area contributed by atoms with Crippen molar-refractivity contribution in [3.63, 3.8) is 0 Å². The van der Waals surface area contributed by atoms with Crippen molar-refractivity contribution in [2.24, 2.45) is 0 Å². The summed E-state index contributed by atoms with van der Waals surface area (Å²) in [4.78, 5) is 27.5. The molecule has 0 saturated carbocycles. The van der Waals surface area contributed by atoms with Gasteiger partial charge in [-0.05, 0) is 11.6 Å². The second-order valence-corrected chi connectivity index (χ2v) is 8.13. The van der Waals surface area contributed by atoms with Crippen LogP contribution in [0.5, 0.6) is 0 Å². The van der Waals surface area contributed by atoms with Gasteiger partial charge in [-0.1, -0.05) is 18.2 Å². The molecule has 3 N–H and O–H groups in total. The minimum absolute atomic E-state index is 0.00967. The monoisotopic (exact) mass is 376 g/mol. The van der Waals surface area contributed by atoms with Gasteiger partial charge in [-0.3, -0.25) is 9.59 Å². The van der Waals surface area contributed by atoms with Crippen molar-refractivity contribution in [2.45, 2.75) is 18.9 Å². The fraction of sp³-hybridized carbons (Fsp3) is 0.353. The summed E-state index contributed by atoms with van der Waals surface area (Å²) in [6.07, 6.45) is 2.81. The number of sulfone groups is 1. The summed E-state index contributed by atoms with van der Waals surface area (Å²) in [5.74, 6) is -1.60. The van der Waals surface area contributed by atoms with Crippen LogP contribution in [0.25, 0.3) is 10.9 Å². The minimum atomic E-state index is -3.49. The second-order valence-electron chi connectivity index (χ2n) is 5.95. The van der Waals surface area contributed by atoms with E-state index in [4.69, 9.17) is 5.26 Å². The van der Waals surface area contributed by atoms with E-state index < -0.39 is 33.4 Å². The van der Waals surface area contributed by atoms with Gasteiger partial charge in [0.1, 0.15) is 15.9 Å². The van der Waals surface area contributed by atoms with Crippen molar-refractivity contribution < 1.29 is 18.0 Å². The predicted molar refractivity (Wildman–Crippen MR) is 96.9 cm³/mol. The number of hydrogen-bond acceptors (Lipinski definition) is 5. The Kier molecular flexibility index (Phi) is 6.36. The zero-order valence-corrected chi connectivity index (χ0v) is 15.1. The Bertz CT molecular complexity index is 943. The van der Waals surface area contributed by atoms with Gasteiger partial charge in [-0.2, -0.15) is 5.26 Å². The molecule has 0 aliphatic carbocycles. The summed E-state index contributed by atoms with van der Waals surface area (Å²) in [6, 6.07) is 8.15. The molecular weight excluding hydrogens is 356 g/mol. The van der Waals surface area contributed by atoms with E-state index in [1.54, 1.807) is 6.20 Å². The maximum Gasteiger partial charge on any atom is 0.243 e. The molecule has 0 spiro atoms. The van der Waals surface area contributed by atoms with Gasteiger partial charge in [-0.15, -0.1) is 0 Å². The molecule has 138 valence electrons. The minimum Gasteiger partial charge on any atom is -0.361 e. The number of fused-ring (bicyclic) bond motifs is 1. The highest BCUT2D eigenvalue weighted by molar-refractivity contribution is 7.90. The summed E-state index contributed by atoms with van der Waals surface area (Å²) in [6.45, 7) is 0.0912. The maximum absolute atomic E-state index is 12.3. The first-order valence-corrected chi connectivity index (χ1v) is 10.0. The van der Waals surface area contributed by atoms with Crippen LogP contribution in [-0.2, 0) is 25.8 Å². The van der Waals surface area contributed by atoms with Crippen molar-refractivity contribution in [1.82, 2.24) is 15.6 Å². The third kappa shape index (κ3) is 5.60. The number of nitriles is 1. The number of H-pyrrole nitrogens is 1. The fourth-order valence-corrected chi connectivity index (χ4v) is 3.39. The third-order valence-electron chi connectivity index (χ3n) is 3.68. The lowest BCUT2D eigenvalue weighted by atomic mass is 10.1. The number of nitrogens with one attached hydrogen (secondary N) is 3. The Morgan fingerprint density at radius 3 is 2.73 bits per heavy atom. The van der Waals surface area contributed by atoms with E-state index >= 15 is 0 Å². The zero-order valence-electron chi connectivity index (χ0n) is 14.3. The quantitative estimate of drug-likeness (QED) is 0.569. The lowest BCUT2D eigenvalue weighted by Gasteiger charge is -2.17. The van der Waals surface area contributed by atoms with Crippen molar-refractivity contribution in [2.75, 3.05) is 18.6 Å². The van der Waals surface area contributed by atoms with Crippen molar-refractivity contribution in [1.29, 1.82) is 5.26 Å². The van der Waals surface area contributed by atoms with Gasteiger partial charge >= 0.3 is 0 Å². The number of amides is 2. The van der Waals surface area contributed by atoms with Gasteiger partial charge in [0.2, 0.25) is 11.8 Å². The Morgan fingerprint density at radius 1 is 1.31 bits per heavy atom. The van der Waals surface area contributed by atoms with Crippen molar-refractivity contribution in [3.05, 3.63) is 36.0 Å². The molecule has 0 bridgehead atoms. The Labute approximate surface area is 151 Å². The van der Waals surface area contributed by atoms with Crippen LogP contribution in [0.2, 0.25) is 0 Å². The van der Waals surface area contributed by atoms with E-state index in [-0.39, 0.29) is 19.4 Å². The highest BCUT2D eigenvalue weighted by Crippen LogP contribution is 2.18. The van der Waals surface area contributed by atoms with Gasteiger partial charge in [0.25, 0.3) is 0 Å². The average molecular weight is 376 g/mol. The maximum atomic E-state index is 12.3.